The number of fused-ring (bicyclic) bond motifs is 7. The van der Waals surface area contributed by atoms with Gasteiger partial charge in [0.05, 0.1) is 11.3 Å². The van der Waals surface area contributed by atoms with Gasteiger partial charge in [-0.3, -0.25) is 0 Å². The van der Waals surface area contributed by atoms with Crippen molar-refractivity contribution in [3.05, 3.63) is 137 Å². The van der Waals surface area contributed by atoms with Crippen LogP contribution in [0.5, 0.6) is 0 Å². The second kappa shape index (κ2) is 10.0. The first-order valence-electron chi connectivity index (χ1n) is 17.4. The molecule has 0 N–H and O–H groups in total. The van der Waals surface area contributed by atoms with Crippen molar-refractivity contribution in [2.75, 3.05) is 9.80 Å². The third kappa shape index (κ3) is 4.09. The molecule has 0 radical (unpaired) electrons. The summed E-state index contributed by atoms with van der Waals surface area (Å²) in [7, 11) is 0. The highest BCUT2D eigenvalue weighted by Gasteiger charge is 2.48. The van der Waals surface area contributed by atoms with Crippen LogP contribution in [0.4, 0.5) is 34.1 Å². The lowest BCUT2D eigenvalue weighted by molar-refractivity contribution is 0.406. The minimum absolute atomic E-state index is 0.0599. The van der Waals surface area contributed by atoms with Gasteiger partial charge in [-0.1, -0.05) is 94.4 Å². The molecule has 7 aromatic rings. The van der Waals surface area contributed by atoms with Gasteiger partial charge in [-0.2, -0.15) is 0 Å². The second-order valence-corrected chi connectivity index (χ2v) is 16.4. The zero-order chi connectivity index (χ0) is 33.2. The number of rotatable bonds is 3. The number of aryl methyl sites for hydroxylation is 1. The van der Waals surface area contributed by atoms with E-state index in [1.54, 1.807) is 4.88 Å². The molecule has 49 heavy (non-hydrogen) atoms. The van der Waals surface area contributed by atoms with Crippen molar-refractivity contribution in [1.82, 2.24) is 0 Å². The Balaban J connectivity index is 1.33. The summed E-state index contributed by atoms with van der Waals surface area (Å²) in [6.45, 7) is 11.9. The van der Waals surface area contributed by atoms with E-state index in [9.17, 15) is 0 Å². The summed E-state index contributed by atoms with van der Waals surface area (Å²) in [6.07, 6.45) is 1.16. The Labute approximate surface area is 292 Å². The van der Waals surface area contributed by atoms with Gasteiger partial charge in [-0.15, -0.1) is 11.3 Å². The second-order valence-electron chi connectivity index (χ2n) is 15.4. The summed E-state index contributed by atoms with van der Waals surface area (Å²) in [6, 6.07) is 44.3. The molecule has 2 aliphatic heterocycles. The van der Waals surface area contributed by atoms with Gasteiger partial charge >= 0.3 is 0 Å². The number of furan rings is 1. The number of benzene rings is 5. The van der Waals surface area contributed by atoms with E-state index in [1.165, 1.54) is 54.9 Å². The SMILES string of the molecule is Cc1cc2c3c(c1)N(c1ccccc1)c1cc(-c4ccccc4)oc1B3c1cc3sc4c(c3cc1N2c1ccccc1)C(C)(C)CC4(C)C. The lowest BCUT2D eigenvalue weighted by Gasteiger charge is -2.42. The van der Waals surface area contributed by atoms with Gasteiger partial charge in [0, 0.05) is 55.1 Å². The van der Waals surface area contributed by atoms with Crippen LogP contribution in [0, 0.1) is 6.92 Å². The highest BCUT2D eigenvalue weighted by Crippen LogP contribution is 2.56. The van der Waals surface area contributed by atoms with E-state index in [-0.39, 0.29) is 17.5 Å². The van der Waals surface area contributed by atoms with Crippen molar-refractivity contribution >= 4 is 78.8 Å². The minimum atomic E-state index is -0.0599. The van der Waals surface area contributed by atoms with Crippen LogP contribution in [0.1, 0.15) is 50.1 Å². The zero-order valence-corrected chi connectivity index (χ0v) is 29.4. The Morgan fingerprint density at radius 3 is 1.88 bits per heavy atom. The number of nitrogens with zero attached hydrogens (tertiary/aromatic N) is 2. The van der Waals surface area contributed by atoms with Gasteiger partial charge in [0.1, 0.15) is 5.76 Å². The van der Waals surface area contributed by atoms with E-state index in [0.29, 0.717) is 0 Å². The van der Waals surface area contributed by atoms with E-state index in [0.717, 1.165) is 34.8 Å². The first kappa shape index (κ1) is 29.0. The first-order valence-corrected chi connectivity index (χ1v) is 18.2. The Morgan fingerprint density at radius 2 is 1.24 bits per heavy atom. The van der Waals surface area contributed by atoms with E-state index in [2.05, 4.69) is 166 Å². The Kier molecular flexibility index (Phi) is 5.93. The van der Waals surface area contributed by atoms with Gasteiger partial charge in [-0.25, -0.2) is 0 Å². The molecule has 10 rings (SSSR count). The lowest BCUT2D eigenvalue weighted by Crippen LogP contribution is -2.61. The molecular weight excluding hydrogens is 615 g/mol. The van der Waals surface area contributed by atoms with Crippen LogP contribution in [0.2, 0.25) is 0 Å². The van der Waals surface area contributed by atoms with Gasteiger partial charge in [0.15, 0.2) is 0 Å². The van der Waals surface area contributed by atoms with Gasteiger partial charge in [0.25, 0.3) is 6.71 Å². The van der Waals surface area contributed by atoms with Crippen LogP contribution in [0.3, 0.4) is 0 Å². The quantitative estimate of drug-likeness (QED) is 0.177. The van der Waals surface area contributed by atoms with Crippen molar-refractivity contribution in [1.29, 1.82) is 0 Å². The number of hydrogen-bond acceptors (Lipinski definition) is 4. The molecule has 0 amide bonds. The molecule has 0 saturated heterocycles. The molecule has 0 fully saturated rings. The molecule has 0 atom stereocenters. The predicted molar refractivity (Wildman–Crippen MR) is 209 cm³/mol. The molecule has 4 heterocycles. The van der Waals surface area contributed by atoms with Crippen LogP contribution in [-0.2, 0) is 10.8 Å². The summed E-state index contributed by atoms with van der Waals surface area (Å²) >= 11 is 2.01. The molecule has 1 aliphatic carbocycles. The molecule has 3 nitrogen and oxygen atoms in total. The molecule has 0 saturated carbocycles. The molecule has 2 aromatic heterocycles. The van der Waals surface area contributed by atoms with Crippen molar-refractivity contribution in [3.8, 4) is 11.3 Å². The van der Waals surface area contributed by atoms with Crippen LogP contribution in [0.15, 0.2) is 126 Å². The Bertz CT molecular complexity index is 2440. The topological polar surface area (TPSA) is 19.6 Å². The van der Waals surface area contributed by atoms with E-state index in [4.69, 9.17) is 4.42 Å². The molecule has 0 spiro atoms. The van der Waals surface area contributed by atoms with Crippen molar-refractivity contribution in [2.24, 2.45) is 0 Å². The smallest absolute Gasteiger partial charge is 0.297 e. The molecule has 5 heteroatoms. The fourth-order valence-corrected chi connectivity index (χ4v) is 10.9. The lowest BCUT2D eigenvalue weighted by atomic mass is 9.35. The monoisotopic (exact) mass is 652 g/mol. The molecule has 238 valence electrons. The minimum Gasteiger partial charge on any atom is -0.468 e. The van der Waals surface area contributed by atoms with Crippen molar-refractivity contribution in [2.45, 2.75) is 51.9 Å². The van der Waals surface area contributed by atoms with Crippen LogP contribution < -0.4 is 26.4 Å². The summed E-state index contributed by atoms with van der Waals surface area (Å²) in [5.74, 6) is 0.893. The largest absolute Gasteiger partial charge is 0.468 e. The maximum atomic E-state index is 7.10. The van der Waals surface area contributed by atoms with E-state index in [1.807, 2.05) is 11.3 Å². The third-order valence-electron chi connectivity index (χ3n) is 10.9. The zero-order valence-electron chi connectivity index (χ0n) is 28.5. The van der Waals surface area contributed by atoms with E-state index < -0.39 is 0 Å². The summed E-state index contributed by atoms with van der Waals surface area (Å²) in [5, 5.41) is 1.40. The summed E-state index contributed by atoms with van der Waals surface area (Å²) in [5.41, 5.74) is 14.8. The highest BCUT2D eigenvalue weighted by atomic mass is 32.1. The summed E-state index contributed by atoms with van der Waals surface area (Å²) < 4.78 is 8.48. The van der Waals surface area contributed by atoms with E-state index >= 15 is 0 Å². The Hall–Kier alpha value is -5.00. The van der Waals surface area contributed by atoms with Crippen molar-refractivity contribution in [3.63, 3.8) is 0 Å². The molecule has 0 unspecified atom stereocenters. The van der Waals surface area contributed by atoms with Crippen LogP contribution >= 0.6 is 11.3 Å². The predicted octanol–water partition coefficient (Wildman–Crippen LogP) is 10.5. The maximum absolute atomic E-state index is 7.10. The maximum Gasteiger partial charge on any atom is 0.297 e. The van der Waals surface area contributed by atoms with Crippen LogP contribution in [0.25, 0.3) is 21.4 Å². The average molecular weight is 653 g/mol. The highest BCUT2D eigenvalue weighted by molar-refractivity contribution is 7.19. The molecule has 5 aromatic carbocycles. The number of thiophene rings is 1. The number of hydrogen-bond donors (Lipinski definition) is 0. The molecular formula is C44H37BN2OS. The van der Waals surface area contributed by atoms with Crippen molar-refractivity contribution < 1.29 is 4.42 Å². The molecule has 3 aliphatic rings. The van der Waals surface area contributed by atoms with Gasteiger partial charge in [-0.05, 0) is 94.7 Å². The molecule has 0 bridgehead atoms. The summed E-state index contributed by atoms with van der Waals surface area (Å²) in [4.78, 5) is 6.48. The van der Waals surface area contributed by atoms with Gasteiger partial charge < -0.3 is 14.2 Å². The number of para-hydroxylation sites is 2. The average Bonchev–Trinajstić information content (AvgIpc) is 3.76. The fourth-order valence-electron chi connectivity index (χ4n) is 9.34. The third-order valence-corrected chi connectivity index (χ3v) is 12.5. The van der Waals surface area contributed by atoms with Crippen LogP contribution in [-0.4, -0.2) is 6.71 Å². The normalized spacial score (nSPS) is 16.4. The Morgan fingerprint density at radius 1 is 0.653 bits per heavy atom. The standard InChI is InChI=1S/C44H37BN2OS/c1-27-21-34-40-35(22-27)47(30-19-13-8-14-20-30)36-25-37(28-15-9-6-10-16-28)48-42(36)45(40)32-24-38-31(23-33(32)46(34)29-17-11-7-12-18-29)39-41(49-38)44(4,5)26-43(39,2)3/h6-25H,26H2,1-5H3. The number of anilines is 6. The first-order chi connectivity index (χ1) is 23.7. The fraction of sp³-hybridized carbons (Fsp3) is 0.182. The van der Waals surface area contributed by atoms with Gasteiger partial charge in [0.2, 0.25) is 0 Å².